The monoisotopic (exact) mass is 325 g/mol. The van der Waals surface area contributed by atoms with E-state index in [-0.39, 0.29) is 12.5 Å². The summed E-state index contributed by atoms with van der Waals surface area (Å²) in [6.45, 7) is 6.30. The van der Waals surface area contributed by atoms with Crippen LogP contribution in [0, 0.1) is 13.8 Å². The molecule has 1 amide bonds. The normalized spacial score (nSPS) is 17.4. The molecule has 1 aromatic carbocycles. The van der Waals surface area contributed by atoms with Gasteiger partial charge in [0.15, 0.2) is 0 Å². The Balaban J connectivity index is 1.86. The van der Waals surface area contributed by atoms with Gasteiger partial charge >= 0.3 is 0 Å². The van der Waals surface area contributed by atoms with Crippen LogP contribution in [-0.4, -0.2) is 62.5 Å². The van der Waals surface area contributed by atoms with Gasteiger partial charge in [-0.1, -0.05) is 17.7 Å². The summed E-state index contributed by atoms with van der Waals surface area (Å²) in [5.74, 6) is -0.0697. The lowest BCUT2D eigenvalue weighted by Gasteiger charge is -2.32. The van der Waals surface area contributed by atoms with Crippen LogP contribution in [0.1, 0.15) is 11.1 Å². The molecule has 0 atom stereocenters. The first kappa shape index (κ1) is 16.9. The van der Waals surface area contributed by atoms with E-state index >= 15 is 0 Å². The molecule has 2 rings (SSSR count). The molecule has 1 saturated heterocycles. The second-order valence-electron chi connectivity index (χ2n) is 5.80. The highest BCUT2D eigenvalue weighted by atomic mass is 32.2. The number of benzene rings is 1. The second kappa shape index (κ2) is 6.76. The summed E-state index contributed by atoms with van der Waals surface area (Å²) in [6, 6.07) is 5.90. The van der Waals surface area contributed by atoms with Crippen LogP contribution < -0.4 is 5.32 Å². The summed E-state index contributed by atoms with van der Waals surface area (Å²) in [4.78, 5) is 14.1. The molecular formula is C15H23N3O3S. The van der Waals surface area contributed by atoms with Crippen LogP contribution in [0.15, 0.2) is 18.2 Å². The molecule has 1 N–H and O–H groups in total. The Hall–Kier alpha value is -1.44. The zero-order valence-corrected chi connectivity index (χ0v) is 14.1. The molecule has 1 aromatic rings. The molecular weight excluding hydrogens is 302 g/mol. The first-order valence-corrected chi connectivity index (χ1v) is 9.15. The second-order valence-corrected chi connectivity index (χ2v) is 7.79. The Morgan fingerprint density at radius 2 is 1.82 bits per heavy atom. The van der Waals surface area contributed by atoms with Gasteiger partial charge in [0, 0.05) is 31.9 Å². The fraction of sp³-hybridized carbons (Fsp3) is 0.533. The van der Waals surface area contributed by atoms with E-state index < -0.39 is 10.0 Å². The van der Waals surface area contributed by atoms with E-state index in [9.17, 15) is 13.2 Å². The van der Waals surface area contributed by atoms with Crippen LogP contribution >= 0.6 is 0 Å². The van der Waals surface area contributed by atoms with Gasteiger partial charge in [-0.05, 0) is 25.5 Å². The van der Waals surface area contributed by atoms with Crippen LogP contribution in [0.2, 0.25) is 0 Å². The Bertz CT molecular complexity index is 650. The van der Waals surface area contributed by atoms with Crippen LogP contribution in [0.5, 0.6) is 0 Å². The van der Waals surface area contributed by atoms with Gasteiger partial charge in [0.25, 0.3) is 0 Å². The summed E-state index contributed by atoms with van der Waals surface area (Å²) >= 11 is 0. The largest absolute Gasteiger partial charge is 0.325 e. The Kier molecular flexibility index (Phi) is 5.20. The molecule has 1 aliphatic rings. The number of piperazine rings is 1. The van der Waals surface area contributed by atoms with Crippen molar-refractivity contribution in [2.24, 2.45) is 0 Å². The quantitative estimate of drug-likeness (QED) is 0.890. The van der Waals surface area contributed by atoms with E-state index in [1.54, 1.807) is 0 Å². The van der Waals surface area contributed by atoms with E-state index in [0.717, 1.165) is 16.8 Å². The molecule has 0 spiro atoms. The van der Waals surface area contributed by atoms with Gasteiger partial charge in [0.2, 0.25) is 15.9 Å². The standard InChI is InChI=1S/C15H23N3O3S/c1-12-4-5-14(13(2)10-12)16-15(19)11-17-6-8-18(9-7-17)22(3,20)21/h4-5,10H,6-9,11H2,1-3H3,(H,16,19). The number of sulfonamides is 1. The first-order valence-electron chi connectivity index (χ1n) is 7.30. The van der Waals surface area contributed by atoms with Crippen LogP contribution in [0.4, 0.5) is 5.69 Å². The van der Waals surface area contributed by atoms with Gasteiger partial charge in [0.05, 0.1) is 12.8 Å². The number of rotatable bonds is 4. The third kappa shape index (κ3) is 4.53. The van der Waals surface area contributed by atoms with Crippen molar-refractivity contribution in [2.75, 3.05) is 44.3 Å². The predicted octanol–water partition coefficient (Wildman–Crippen LogP) is 0.819. The molecule has 122 valence electrons. The molecule has 1 aliphatic heterocycles. The number of nitrogens with one attached hydrogen (secondary N) is 1. The number of carbonyl (C=O) groups excluding carboxylic acids is 1. The molecule has 1 fully saturated rings. The number of amides is 1. The summed E-state index contributed by atoms with van der Waals surface area (Å²) in [5.41, 5.74) is 3.02. The van der Waals surface area contributed by atoms with Crippen molar-refractivity contribution >= 4 is 21.6 Å². The topological polar surface area (TPSA) is 69.7 Å². The van der Waals surface area contributed by atoms with Crippen LogP contribution in [-0.2, 0) is 14.8 Å². The molecule has 0 unspecified atom stereocenters. The van der Waals surface area contributed by atoms with Gasteiger partial charge in [-0.15, -0.1) is 0 Å². The fourth-order valence-corrected chi connectivity index (χ4v) is 3.39. The molecule has 0 saturated carbocycles. The maximum atomic E-state index is 12.1. The van der Waals surface area contributed by atoms with E-state index in [0.29, 0.717) is 26.2 Å². The Morgan fingerprint density at radius 3 is 2.36 bits per heavy atom. The maximum Gasteiger partial charge on any atom is 0.238 e. The summed E-state index contributed by atoms with van der Waals surface area (Å²) in [5, 5.41) is 2.91. The summed E-state index contributed by atoms with van der Waals surface area (Å²) < 4.78 is 24.3. The molecule has 1 heterocycles. The van der Waals surface area contributed by atoms with Crippen molar-refractivity contribution in [3.63, 3.8) is 0 Å². The van der Waals surface area contributed by atoms with E-state index in [2.05, 4.69) is 5.32 Å². The lowest BCUT2D eigenvalue weighted by molar-refractivity contribution is -0.117. The maximum absolute atomic E-state index is 12.1. The molecule has 22 heavy (non-hydrogen) atoms. The minimum absolute atomic E-state index is 0.0697. The number of nitrogens with zero attached hydrogens (tertiary/aromatic N) is 2. The zero-order valence-electron chi connectivity index (χ0n) is 13.3. The molecule has 7 heteroatoms. The number of hydrogen-bond donors (Lipinski definition) is 1. The van der Waals surface area contributed by atoms with Crippen molar-refractivity contribution in [3.8, 4) is 0 Å². The highest BCUT2D eigenvalue weighted by molar-refractivity contribution is 7.88. The summed E-state index contributed by atoms with van der Waals surface area (Å²) in [7, 11) is -3.13. The Labute approximate surface area is 132 Å². The van der Waals surface area contributed by atoms with Crippen molar-refractivity contribution in [1.29, 1.82) is 0 Å². The van der Waals surface area contributed by atoms with Gasteiger partial charge in [-0.25, -0.2) is 8.42 Å². The molecule has 0 radical (unpaired) electrons. The fourth-order valence-electron chi connectivity index (χ4n) is 2.57. The number of aryl methyl sites for hydroxylation is 2. The molecule has 0 aliphatic carbocycles. The highest BCUT2D eigenvalue weighted by Crippen LogP contribution is 2.16. The SMILES string of the molecule is Cc1ccc(NC(=O)CN2CCN(S(C)(=O)=O)CC2)c(C)c1. The smallest absolute Gasteiger partial charge is 0.238 e. The number of hydrogen-bond acceptors (Lipinski definition) is 4. The molecule has 0 bridgehead atoms. The average Bonchev–Trinajstić information content (AvgIpc) is 2.41. The van der Waals surface area contributed by atoms with Crippen LogP contribution in [0.3, 0.4) is 0 Å². The number of anilines is 1. The lowest BCUT2D eigenvalue weighted by Crippen LogP contribution is -2.50. The predicted molar refractivity (Wildman–Crippen MR) is 87.4 cm³/mol. The lowest BCUT2D eigenvalue weighted by atomic mass is 10.1. The third-order valence-electron chi connectivity index (χ3n) is 3.82. The third-order valence-corrected chi connectivity index (χ3v) is 5.13. The minimum Gasteiger partial charge on any atom is -0.325 e. The minimum atomic E-state index is -3.13. The number of carbonyl (C=O) groups is 1. The van der Waals surface area contributed by atoms with Gasteiger partial charge in [-0.2, -0.15) is 4.31 Å². The van der Waals surface area contributed by atoms with Crippen molar-refractivity contribution in [1.82, 2.24) is 9.21 Å². The van der Waals surface area contributed by atoms with Gasteiger partial charge in [-0.3, -0.25) is 9.69 Å². The molecule has 6 nitrogen and oxygen atoms in total. The van der Waals surface area contributed by atoms with Crippen molar-refractivity contribution in [3.05, 3.63) is 29.3 Å². The molecule has 0 aromatic heterocycles. The van der Waals surface area contributed by atoms with Crippen molar-refractivity contribution < 1.29 is 13.2 Å². The highest BCUT2D eigenvalue weighted by Gasteiger charge is 2.24. The van der Waals surface area contributed by atoms with Crippen LogP contribution in [0.25, 0.3) is 0 Å². The van der Waals surface area contributed by atoms with E-state index in [1.165, 1.54) is 10.6 Å². The Morgan fingerprint density at radius 1 is 1.18 bits per heavy atom. The van der Waals surface area contributed by atoms with Crippen molar-refractivity contribution in [2.45, 2.75) is 13.8 Å². The van der Waals surface area contributed by atoms with E-state index in [1.807, 2.05) is 36.9 Å². The summed E-state index contributed by atoms with van der Waals surface area (Å²) in [6.07, 6.45) is 1.22. The first-order chi connectivity index (χ1) is 10.3. The van der Waals surface area contributed by atoms with Gasteiger partial charge < -0.3 is 5.32 Å². The van der Waals surface area contributed by atoms with Gasteiger partial charge in [0.1, 0.15) is 0 Å². The zero-order chi connectivity index (χ0) is 16.3. The van der Waals surface area contributed by atoms with E-state index in [4.69, 9.17) is 0 Å². The average molecular weight is 325 g/mol.